The average molecular weight is 404 g/mol. The van der Waals surface area contributed by atoms with Gasteiger partial charge in [0.1, 0.15) is 0 Å². The van der Waals surface area contributed by atoms with E-state index in [1.807, 2.05) is 0 Å². The summed E-state index contributed by atoms with van der Waals surface area (Å²) in [6, 6.07) is 6.31. The summed E-state index contributed by atoms with van der Waals surface area (Å²) in [5, 5.41) is 2.80. The first kappa shape index (κ1) is 20.8. The van der Waals surface area contributed by atoms with E-state index in [0.29, 0.717) is 19.4 Å². The van der Waals surface area contributed by atoms with E-state index in [4.69, 9.17) is 0 Å². The first-order chi connectivity index (χ1) is 12.0. The van der Waals surface area contributed by atoms with Crippen molar-refractivity contribution < 1.29 is 21.6 Å². The molecular weight excluding hydrogens is 378 g/mol. The zero-order valence-electron chi connectivity index (χ0n) is 15.2. The fourth-order valence-electron chi connectivity index (χ4n) is 2.78. The van der Waals surface area contributed by atoms with Crippen LogP contribution in [0.15, 0.2) is 29.2 Å². The number of sulfonamides is 2. The molecule has 0 aromatic heterocycles. The van der Waals surface area contributed by atoms with Crippen molar-refractivity contribution >= 4 is 26.0 Å². The van der Waals surface area contributed by atoms with Crippen molar-refractivity contribution in [2.75, 3.05) is 33.4 Å². The lowest BCUT2D eigenvalue weighted by Gasteiger charge is -2.30. The zero-order chi connectivity index (χ0) is 19.5. The summed E-state index contributed by atoms with van der Waals surface area (Å²) < 4.78 is 49.8. The Morgan fingerprint density at radius 1 is 1.19 bits per heavy atom. The third-order valence-electron chi connectivity index (χ3n) is 4.39. The van der Waals surface area contributed by atoms with Gasteiger partial charge in [0, 0.05) is 33.7 Å². The van der Waals surface area contributed by atoms with Gasteiger partial charge < -0.3 is 5.32 Å². The van der Waals surface area contributed by atoms with Crippen LogP contribution in [0.5, 0.6) is 0 Å². The number of amides is 1. The Bertz CT molecular complexity index is 848. The number of rotatable bonds is 6. The topological polar surface area (TPSA) is 104 Å². The molecule has 0 radical (unpaired) electrons. The molecule has 2 rings (SSSR count). The van der Waals surface area contributed by atoms with Gasteiger partial charge in [0.25, 0.3) is 0 Å². The summed E-state index contributed by atoms with van der Waals surface area (Å²) in [5.74, 6) is -0.560. The third-order valence-corrected chi connectivity index (χ3v) is 7.49. The van der Waals surface area contributed by atoms with E-state index in [9.17, 15) is 21.6 Å². The Morgan fingerprint density at radius 2 is 1.81 bits per heavy atom. The lowest BCUT2D eigenvalue weighted by Crippen LogP contribution is -2.44. The summed E-state index contributed by atoms with van der Waals surface area (Å²) in [4.78, 5) is 12.5. The fourth-order valence-corrected chi connectivity index (χ4v) is 4.59. The van der Waals surface area contributed by atoms with Crippen LogP contribution >= 0.6 is 0 Å². The second-order valence-corrected chi connectivity index (χ2v) is 10.7. The van der Waals surface area contributed by atoms with Crippen LogP contribution in [0.4, 0.5) is 0 Å². The number of benzene rings is 1. The fraction of sp³-hybridized carbons (Fsp3) is 0.562. The maximum Gasteiger partial charge on any atom is 0.242 e. The molecule has 146 valence electrons. The van der Waals surface area contributed by atoms with E-state index < -0.39 is 20.0 Å². The summed E-state index contributed by atoms with van der Waals surface area (Å²) >= 11 is 0. The zero-order valence-corrected chi connectivity index (χ0v) is 16.8. The minimum atomic E-state index is -3.48. The molecule has 8 nitrogen and oxygen atoms in total. The molecule has 1 aromatic carbocycles. The Hall–Kier alpha value is -1.49. The van der Waals surface area contributed by atoms with Crippen LogP contribution in [0, 0.1) is 5.92 Å². The van der Waals surface area contributed by atoms with Gasteiger partial charge in [0.2, 0.25) is 26.0 Å². The maximum atomic E-state index is 12.3. The molecule has 1 amide bonds. The van der Waals surface area contributed by atoms with Crippen molar-refractivity contribution in [1.82, 2.24) is 13.9 Å². The number of piperidine rings is 1. The Labute approximate surface area is 155 Å². The smallest absolute Gasteiger partial charge is 0.242 e. The first-order valence-electron chi connectivity index (χ1n) is 8.26. The lowest BCUT2D eigenvalue weighted by molar-refractivity contribution is -0.126. The van der Waals surface area contributed by atoms with Crippen LogP contribution in [0.1, 0.15) is 18.4 Å². The molecule has 0 bridgehead atoms. The van der Waals surface area contributed by atoms with Gasteiger partial charge in [-0.25, -0.2) is 25.4 Å². The molecular formula is C16H25N3O5S2. The van der Waals surface area contributed by atoms with Crippen molar-refractivity contribution in [3.63, 3.8) is 0 Å². The maximum absolute atomic E-state index is 12.3. The summed E-state index contributed by atoms with van der Waals surface area (Å²) in [7, 11) is -3.84. The molecule has 1 aliphatic rings. The number of nitrogens with one attached hydrogen (secondary N) is 1. The summed E-state index contributed by atoms with van der Waals surface area (Å²) in [5.41, 5.74) is 0.770. The molecule has 0 saturated carbocycles. The number of carbonyl (C=O) groups excluding carboxylic acids is 1. The predicted molar refractivity (Wildman–Crippen MR) is 98.3 cm³/mol. The highest BCUT2D eigenvalue weighted by atomic mass is 32.2. The van der Waals surface area contributed by atoms with Gasteiger partial charge in [-0.3, -0.25) is 4.79 Å². The standard InChI is InChI=1S/C16H25N3O5S2/c1-18(2)26(23,24)15-8-6-13(7-9-15)11-17-16(20)14-5-4-10-19(12-14)25(3,21)22/h6-9,14H,4-5,10-12H2,1-3H3,(H,17,20)/t14-/m0/s1. The molecule has 10 heteroatoms. The molecule has 1 heterocycles. The Balaban J connectivity index is 1.95. The molecule has 1 saturated heterocycles. The molecule has 1 fully saturated rings. The van der Waals surface area contributed by atoms with Gasteiger partial charge in [-0.15, -0.1) is 0 Å². The quantitative estimate of drug-likeness (QED) is 0.732. The van der Waals surface area contributed by atoms with Gasteiger partial charge in [0.15, 0.2) is 0 Å². The molecule has 1 aliphatic heterocycles. The summed E-state index contributed by atoms with van der Waals surface area (Å²) in [6.45, 7) is 0.908. The highest BCUT2D eigenvalue weighted by Gasteiger charge is 2.30. The predicted octanol–water partition coefficient (Wildman–Crippen LogP) is 0.225. The molecule has 0 aliphatic carbocycles. The Morgan fingerprint density at radius 3 is 2.35 bits per heavy atom. The van der Waals surface area contributed by atoms with Crippen molar-refractivity contribution in [2.45, 2.75) is 24.3 Å². The second kappa shape index (κ2) is 8.03. The van der Waals surface area contributed by atoms with Gasteiger partial charge in [-0.2, -0.15) is 0 Å². The molecule has 0 unspecified atom stereocenters. The van der Waals surface area contributed by atoms with E-state index in [0.717, 1.165) is 16.1 Å². The molecule has 1 atom stereocenters. The second-order valence-electron chi connectivity index (χ2n) is 6.61. The monoisotopic (exact) mass is 403 g/mol. The highest BCUT2D eigenvalue weighted by Crippen LogP contribution is 2.19. The minimum Gasteiger partial charge on any atom is -0.352 e. The van der Waals surface area contributed by atoms with Crippen LogP contribution in [0.25, 0.3) is 0 Å². The van der Waals surface area contributed by atoms with Gasteiger partial charge in [-0.1, -0.05) is 12.1 Å². The normalized spacial score (nSPS) is 19.5. The van der Waals surface area contributed by atoms with Crippen molar-refractivity contribution in [3.05, 3.63) is 29.8 Å². The Kier molecular flexibility index (Phi) is 6.43. The van der Waals surface area contributed by atoms with E-state index in [2.05, 4.69) is 5.32 Å². The molecule has 26 heavy (non-hydrogen) atoms. The number of hydrogen-bond donors (Lipinski definition) is 1. The van der Waals surface area contributed by atoms with Crippen LogP contribution in [0.2, 0.25) is 0 Å². The largest absolute Gasteiger partial charge is 0.352 e. The van der Waals surface area contributed by atoms with Crippen LogP contribution < -0.4 is 5.32 Å². The SMILES string of the molecule is CN(C)S(=O)(=O)c1ccc(CNC(=O)[C@H]2CCCN(S(C)(=O)=O)C2)cc1. The van der Waals surface area contributed by atoms with E-state index >= 15 is 0 Å². The number of hydrogen-bond acceptors (Lipinski definition) is 5. The number of nitrogens with zero attached hydrogens (tertiary/aromatic N) is 2. The van der Waals surface area contributed by atoms with Crippen LogP contribution in [0.3, 0.4) is 0 Å². The van der Waals surface area contributed by atoms with Crippen molar-refractivity contribution in [3.8, 4) is 0 Å². The number of carbonyl (C=O) groups is 1. The van der Waals surface area contributed by atoms with E-state index in [1.54, 1.807) is 12.1 Å². The van der Waals surface area contributed by atoms with Crippen LogP contribution in [-0.2, 0) is 31.4 Å². The minimum absolute atomic E-state index is 0.189. The highest BCUT2D eigenvalue weighted by molar-refractivity contribution is 7.89. The van der Waals surface area contributed by atoms with E-state index in [-0.39, 0.29) is 29.8 Å². The molecule has 1 N–H and O–H groups in total. The lowest BCUT2D eigenvalue weighted by atomic mass is 9.99. The average Bonchev–Trinajstić information content (AvgIpc) is 2.59. The van der Waals surface area contributed by atoms with Crippen molar-refractivity contribution in [1.29, 1.82) is 0 Å². The molecule has 1 aromatic rings. The van der Waals surface area contributed by atoms with Gasteiger partial charge in [-0.05, 0) is 30.5 Å². The van der Waals surface area contributed by atoms with Gasteiger partial charge in [0.05, 0.1) is 17.1 Å². The van der Waals surface area contributed by atoms with Gasteiger partial charge >= 0.3 is 0 Å². The summed E-state index contributed by atoms with van der Waals surface area (Å²) in [6.07, 6.45) is 2.46. The van der Waals surface area contributed by atoms with Crippen molar-refractivity contribution in [2.24, 2.45) is 5.92 Å². The van der Waals surface area contributed by atoms with E-state index in [1.165, 1.54) is 30.5 Å². The third kappa shape index (κ3) is 5.03. The first-order valence-corrected chi connectivity index (χ1v) is 11.5. The van der Waals surface area contributed by atoms with Crippen LogP contribution in [-0.4, -0.2) is 64.8 Å². The molecule has 0 spiro atoms.